The molecule has 1 aliphatic heterocycles. The second-order valence-corrected chi connectivity index (χ2v) is 5.15. The van der Waals surface area contributed by atoms with Crippen molar-refractivity contribution < 1.29 is 19.1 Å². The Labute approximate surface area is 109 Å². The van der Waals surface area contributed by atoms with Gasteiger partial charge in [-0.3, -0.25) is 9.59 Å². The number of anilines is 1. The minimum atomic E-state index is -0.908. The molecule has 0 saturated heterocycles. The van der Waals surface area contributed by atoms with Gasteiger partial charge in [0.1, 0.15) is 5.82 Å². The van der Waals surface area contributed by atoms with Gasteiger partial charge in [0.15, 0.2) is 0 Å². The molecule has 0 spiro atoms. The minimum absolute atomic E-state index is 0.139. The summed E-state index contributed by atoms with van der Waals surface area (Å²) in [5, 5.41) is 8.88. The lowest BCUT2D eigenvalue weighted by Crippen LogP contribution is -2.37. The first kappa shape index (κ1) is 12.1. The number of carbonyl (C=O) groups is 2. The van der Waals surface area contributed by atoms with E-state index in [0.29, 0.717) is 13.0 Å². The Bertz CT molecular complexity index is 558. The van der Waals surface area contributed by atoms with Crippen molar-refractivity contribution in [1.29, 1.82) is 0 Å². The van der Waals surface area contributed by atoms with Crippen molar-refractivity contribution in [2.75, 3.05) is 11.4 Å². The van der Waals surface area contributed by atoms with E-state index in [0.717, 1.165) is 24.1 Å². The number of hydrogen-bond acceptors (Lipinski definition) is 2. The summed E-state index contributed by atoms with van der Waals surface area (Å²) in [5.41, 5.74) is 1.56. The van der Waals surface area contributed by atoms with Gasteiger partial charge in [0.05, 0.1) is 11.8 Å². The molecule has 3 rings (SSSR count). The molecule has 1 fully saturated rings. The highest BCUT2D eigenvalue weighted by molar-refractivity contribution is 6.00. The molecule has 5 heteroatoms. The molecule has 1 aromatic rings. The van der Waals surface area contributed by atoms with E-state index < -0.39 is 17.8 Å². The van der Waals surface area contributed by atoms with Crippen LogP contribution >= 0.6 is 0 Å². The number of carboxylic acid groups (broad SMARTS) is 1. The second kappa shape index (κ2) is 4.33. The molecule has 1 heterocycles. The second-order valence-electron chi connectivity index (χ2n) is 5.15. The largest absolute Gasteiger partial charge is 0.481 e. The number of aryl methyl sites for hydroxylation is 1. The summed E-state index contributed by atoms with van der Waals surface area (Å²) in [6.45, 7) is 0.584. The molecule has 100 valence electrons. The van der Waals surface area contributed by atoms with Gasteiger partial charge < -0.3 is 10.0 Å². The van der Waals surface area contributed by atoms with E-state index in [1.165, 1.54) is 12.1 Å². The predicted molar refractivity (Wildman–Crippen MR) is 66.3 cm³/mol. The van der Waals surface area contributed by atoms with Crippen molar-refractivity contribution in [3.05, 3.63) is 29.6 Å². The van der Waals surface area contributed by atoms with Gasteiger partial charge in [-0.2, -0.15) is 0 Å². The van der Waals surface area contributed by atoms with Crippen molar-refractivity contribution in [2.45, 2.75) is 19.3 Å². The zero-order chi connectivity index (χ0) is 13.6. The van der Waals surface area contributed by atoms with Gasteiger partial charge in [-0.05, 0) is 43.0 Å². The number of rotatable bonds is 2. The minimum Gasteiger partial charge on any atom is -0.481 e. The molecule has 0 radical (unpaired) electrons. The Kier molecular flexibility index (Phi) is 2.77. The average molecular weight is 263 g/mol. The standard InChI is InChI=1S/C14H14FNO3/c15-9-3-4-12-8(6-9)2-1-5-16(12)13(17)10-7-11(10)14(18)19/h3-4,6,10-11H,1-2,5,7H2,(H,18,19)/t10-,11+/m1/s1. The normalized spacial score (nSPS) is 24.8. The lowest BCUT2D eigenvalue weighted by atomic mass is 10.0. The van der Waals surface area contributed by atoms with Crippen LogP contribution in [0.5, 0.6) is 0 Å². The van der Waals surface area contributed by atoms with Gasteiger partial charge in [0.25, 0.3) is 0 Å². The van der Waals surface area contributed by atoms with Crippen LogP contribution < -0.4 is 4.90 Å². The summed E-state index contributed by atoms with van der Waals surface area (Å²) in [5.74, 6) is -2.30. The van der Waals surface area contributed by atoms with Crippen LogP contribution in [0.15, 0.2) is 18.2 Å². The van der Waals surface area contributed by atoms with Crippen LogP contribution in [-0.4, -0.2) is 23.5 Å². The number of carboxylic acids is 1. The van der Waals surface area contributed by atoms with Gasteiger partial charge in [-0.15, -0.1) is 0 Å². The topological polar surface area (TPSA) is 57.6 Å². The smallest absolute Gasteiger partial charge is 0.307 e. The zero-order valence-corrected chi connectivity index (χ0v) is 10.3. The van der Waals surface area contributed by atoms with Crippen LogP contribution in [0.2, 0.25) is 0 Å². The summed E-state index contributed by atoms with van der Waals surface area (Å²) < 4.78 is 13.2. The van der Waals surface area contributed by atoms with E-state index in [1.807, 2.05) is 0 Å². The first-order chi connectivity index (χ1) is 9.08. The number of halogens is 1. The maximum Gasteiger partial charge on any atom is 0.307 e. The predicted octanol–water partition coefficient (Wildman–Crippen LogP) is 1.83. The number of fused-ring (bicyclic) bond motifs is 1. The molecule has 0 aromatic heterocycles. The third kappa shape index (κ3) is 2.09. The fraction of sp³-hybridized carbons (Fsp3) is 0.429. The summed E-state index contributed by atoms with van der Waals surface area (Å²) in [6.07, 6.45) is 1.96. The van der Waals surface area contributed by atoms with Crippen LogP contribution in [0.1, 0.15) is 18.4 Å². The summed E-state index contributed by atoms with van der Waals surface area (Å²) in [7, 11) is 0. The van der Waals surface area contributed by atoms with Gasteiger partial charge in [-0.25, -0.2) is 4.39 Å². The molecule has 1 aliphatic carbocycles. The molecule has 1 amide bonds. The highest BCUT2D eigenvalue weighted by Gasteiger charge is 2.50. The van der Waals surface area contributed by atoms with Gasteiger partial charge >= 0.3 is 5.97 Å². The molecule has 1 N–H and O–H groups in total. The summed E-state index contributed by atoms with van der Waals surface area (Å²) >= 11 is 0. The Morgan fingerprint density at radius 1 is 1.32 bits per heavy atom. The lowest BCUT2D eigenvalue weighted by molar-refractivity contribution is -0.140. The van der Waals surface area contributed by atoms with E-state index in [-0.39, 0.29) is 11.7 Å². The van der Waals surface area contributed by atoms with Gasteiger partial charge in [-0.1, -0.05) is 0 Å². The molecule has 2 aliphatic rings. The maximum atomic E-state index is 13.2. The summed E-state index contributed by atoms with van der Waals surface area (Å²) in [6, 6.07) is 4.41. The van der Waals surface area contributed by atoms with E-state index in [1.54, 1.807) is 11.0 Å². The fourth-order valence-corrected chi connectivity index (χ4v) is 2.74. The molecule has 4 nitrogen and oxygen atoms in total. The van der Waals surface area contributed by atoms with Gasteiger partial charge in [0, 0.05) is 12.2 Å². The van der Waals surface area contributed by atoms with Crippen LogP contribution in [-0.2, 0) is 16.0 Å². The van der Waals surface area contributed by atoms with E-state index in [9.17, 15) is 14.0 Å². The number of aliphatic carboxylic acids is 1. The molecule has 2 atom stereocenters. The average Bonchev–Trinajstić information content (AvgIpc) is 3.17. The van der Waals surface area contributed by atoms with Crippen molar-refractivity contribution >= 4 is 17.6 Å². The summed E-state index contributed by atoms with van der Waals surface area (Å²) in [4.78, 5) is 24.7. The fourth-order valence-electron chi connectivity index (χ4n) is 2.74. The Hall–Kier alpha value is -1.91. The van der Waals surface area contributed by atoms with Crippen LogP contribution in [0, 0.1) is 17.7 Å². The molecule has 1 saturated carbocycles. The Morgan fingerprint density at radius 2 is 2.11 bits per heavy atom. The third-order valence-electron chi connectivity index (χ3n) is 3.85. The molecular weight excluding hydrogens is 249 g/mol. The molecule has 0 bridgehead atoms. The van der Waals surface area contributed by atoms with Crippen LogP contribution in [0.4, 0.5) is 10.1 Å². The molecular formula is C14H14FNO3. The van der Waals surface area contributed by atoms with Crippen LogP contribution in [0.25, 0.3) is 0 Å². The van der Waals surface area contributed by atoms with E-state index in [2.05, 4.69) is 0 Å². The highest BCUT2D eigenvalue weighted by Crippen LogP contribution is 2.42. The van der Waals surface area contributed by atoms with Crippen LogP contribution in [0.3, 0.4) is 0 Å². The third-order valence-corrected chi connectivity index (χ3v) is 3.85. The number of amides is 1. The first-order valence-electron chi connectivity index (χ1n) is 6.40. The monoisotopic (exact) mass is 263 g/mol. The van der Waals surface area contributed by atoms with Gasteiger partial charge in [0.2, 0.25) is 5.91 Å². The van der Waals surface area contributed by atoms with Crippen molar-refractivity contribution in [3.8, 4) is 0 Å². The lowest BCUT2D eigenvalue weighted by Gasteiger charge is -2.29. The Balaban J connectivity index is 1.84. The van der Waals surface area contributed by atoms with Crippen molar-refractivity contribution in [3.63, 3.8) is 0 Å². The SMILES string of the molecule is O=C(O)[C@H]1C[C@H]1C(=O)N1CCCc2cc(F)ccc21. The number of benzene rings is 1. The van der Waals surface area contributed by atoms with Crippen molar-refractivity contribution in [1.82, 2.24) is 0 Å². The molecule has 0 unspecified atom stereocenters. The Morgan fingerprint density at radius 3 is 2.79 bits per heavy atom. The number of hydrogen-bond donors (Lipinski definition) is 1. The molecule has 1 aromatic carbocycles. The zero-order valence-electron chi connectivity index (χ0n) is 10.3. The van der Waals surface area contributed by atoms with E-state index in [4.69, 9.17) is 5.11 Å². The number of carbonyl (C=O) groups excluding carboxylic acids is 1. The van der Waals surface area contributed by atoms with Crippen molar-refractivity contribution in [2.24, 2.45) is 11.8 Å². The molecule has 19 heavy (non-hydrogen) atoms. The maximum absolute atomic E-state index is 13.2. The first-order valence-corrected chi connectivity index (χ1v) is 6.40. The quantitative estimate of drug-likeness (QED) is 0.885. The number of nitrogens with zero attached hydrogens (tertiary/aromatic N) is 1. The van der Waals surface area contributed by atoms with E-state index >= 15 is 0 Å². The highest BCUT2D eigenvalue weighted by atomic mass is 19.1.